The highest BCUT2D eigenvalue weighted by Gasteiger charge is 2.11. The quantitative estimate of drug-likeness (QED) is 0.526. The number of rotatable bonds is 11. The highest BCUT2D eigenvalue weighted by Crippen LogP contribution is 2.13. The Morgan fingerprint density at radius 1 is 1.17 bits per heavy atom. The summed E-state index contributed by atoms with van der Waals surface area (Å²) in [6.07, 6.45) is 2.65. The van der Waals surface area contributed by atoms with Crippen molar-refractivity contribution in [2.24, 2.45) is 0 Å². The molecule has 0 unspecified atom stereocenters. The molecule has 0 atom stereocenters. The number of nitrogens with one attached hydrogen (secondary N) is 2. The van der Waals surface area contributed by atoms with E-state index in [2.05, 4.69) is 10.0 Å². The maximum atomic E-state index is 12.0. The molecule has 0 aliphatic rings. The number of carbonyl (C=O) groups is 2. The van der Waals surface area contributed by atoms with Crippen molar-refractivity contribution in [3.63, 3.8) is 0 Å². The van der Waals surface area contributed by atoms with Gasteiger partial charge < -0.3 is 10.4 Å². The summed E-state index contributed by atoms with van der Waals surface area (Å²) in [7, 11) is -3.39. The number of hydrogen-bond donors (Lipinski definition) is 3. The fourth-order valence-electron chi connectivity index (χ4n) is 2.11. The van der Waals surface area contributed by atoms with Gasteiger partial charge in [0.25, 0.3) is 5.91 Å². The van der Waals surface area contributed by atoms with E-state index in [0.717, 1.165) is 6.42 Å². The Hall–Kier alpha value is -2.09. The predicted octanol–water partition coefficient (Wildman–Crippen LogP) is 2.21. The molecule has 0 aliphatic carbocycles. The minimum atomic E-state index is -3.39. The molecular weight excluding hydrogens is 332 g/mol. The minimum Gasteiger partial charge on any atom is -0.481 e. The van der Waals surface area contributed by atoms with Crippen molar-refractivity contribution >= 4 is 27.6 Å². The molecule has 0 heterocycles. The van der Waals surface area contributed by atoms with Crippen molar-refractivity contribution in [2.45, 2.75) is 39.0 Å². The lowest BCUT2D eigenvalue weighted by molar-refractivity contribution is -0.137. The van der Waals surface area contributed by atoms with Crippen LogP contribution in [0.5, 0.6) is 0 Å². The van der Waals surface area contributed by atoms with Crippen molar-refractivity contribution in [1.29, 1.82) is 0 Å². The van der Waals surface area contributed by atoms with Gasteiger partial charge in [-0.2, -0.15) is 0 Å². The molecule has 0 saturated heterocycles. The third kappa shape index (κ3) is 7.96. The molecule has 134 valence electrons. The van der Waals surface area contributed by atoms with Gasteiger partial charge in [0.15, 0.2) is 0 Å². The average molecular weight is 356 g/mol. The fraction of sp³-hybridized carbons (Fsp3) is 0.500. The van der Waals surface area contributed by atoms with Crippen LogP contribution < -0.4 is 10.0 Å². The van der Waals surface area contributed by atoms with Gasteiger partial charge >= 0.3 is 5.97 Å². The lowest BCUT2D eigenvalue weighted by atomic mass is 10.1. The Bertz CT molecular complexity index is 658. The van der Waals surface area contributed by atoms with E-state index < -0.39 is 16.0 Å². The van der Waals surface area contributed by atoms with E-state index in [1.807, 2.05) is 0 Å². The number of amides is 1. The summed E-state index contributed by atoms with van der Waals surface area (Å²) in [6, 6.07) is 6.31. The number of hydrogen-bond acceptors (Lipinski definition) is 4. The summed E-state index contributed by atoms with van der Waals surface area (Å²) in [6.45, 7) is 2.23. The fourth-order valence-corrected chi connectivity index (χ4v) is 3.23. The number of anilines is 1. The maximum Gasteiger partial charge on any atom is 0.303 e. The lowest BCUT2D eigenvalue weighted by Gasteiger charge is -2.09. The highest BCUT2D eigenvalue weighted by atomic mass is 32.2. The van der Waals surface area contributed by atoms with Crippen molar-refractivity contribution in [2.75, 3.05) is 17.0 Å². The molecule has 0 saturated carbocycles. The van der Waals surface area contributed by atoms with Gasteiger partial charge in [-0.3, -0.25) is 14.3 Å². The Morgan fingerprint density at radius 3 is 2.58 bits per heavy atom. The molecule has 1 aromatic carbocycles. The minimum absolute atomic E-state index is 0.0275. The van der Waals surface area contributed by atoms with Gasteiger partial charge in [-0.1, -0.05) is 19.4 Å². The first-order valence-corrected chi connectivity index (χ1v) is 9.60. The Balaban J connectivity index is 2.48. The van der Waals surface area contributed by atoms with Crippen LogP contribution in [0.25, 0.3) is 0 Å². The lowest BCUT2D eigenvalue weighted by Crippen LogP contribution is -2.24. The highest BCUT2D eigenvalue weighted by molar-refractivity contribution is 7.92. The summed E-state index contributed by atoms with van der Waals surface area (Å²) in [4.78, 5) is 22.4. The Labute approximate surface area is 142 Å². The van der Waals surface area contributed by atoms with Crippen LogP contribution in [-0.4, -0.2) is 37.7 Å². The van der Waals surface area contributed by atoms with E-state index in [4.69, 9.17) is 5.11 Å². The van der Waals surface area contributed by atoms with E-state index in [9.17, 15) is 18.0 Å². The van der Waals surface area contributed by atoms with Crippen LogP contribution in [0.1, 0.15) is 49.4 Å². The summed E-state index contributed by atoms with van der Waals surface area (Å²) in [5, 5.41) is 11.3. The van der Waals surface area contributed by atoms with Crippen molar-refractivity contribution in [1.82, 2.24) is 5.32 Å². The van der Waals surface area contributed by atoms with Crippen molar-refractivity contribution in [3.8, 4) is 0 Å². The molecule has 24 heavy (non-hydrogen) atoms. The molecular formula is C16H24N2O5S. The second-order valence-corrected chi connectivity index (χ2v) is 7.30. The van der Waals surface area contributed by atoms with Gasteiger partial charge in [-0.15, -0.1) is 0 Å². The van der Waals surface area contributed by atoms with Gasteiger partial charge in [0.2, 0.25) is 10.0 Å². The molecule has 0 radical (unpaired) electrons. The van der Waals surface area contributed by atoms with E-state index in [1.54, 1.807) is 25.1 Å². The molecule has 0 fully saturated rings. The van der Waals surface area contributed by atoms with E-state index in [0.29, 0.717) is 37.1 Å². The number of aliphatic carboxylic acids is 1. The third-order valence-corrected chi connectivity index (χ3v) is 4.72. The average Bonchev–Trinajstić information content (AvgIpc) is 2.49. The van der Waals surface area contributed by atoms with Gasteiger partial charge in [-0.25, -0.2) is 8.42 Å². The van der Waals surface area contributed by atoms with E-state index in [1.165, 1.54) is 6.07 Å². The maximum absolute atomic E-state index is 12.0. The number of sulfonamides is 1. The number of benzene rings is 1. The molecule has 7 nitrogen and oxygen atoms in total. The van der Waals surface area contributed by atoms with Gasteiger partial charge in [0.1, 0.15) is 0 Å². The van der Waals surface area contributed by atoms with E-state index >= 15 is 0 Å². The van der Waals surface area contributed by atoms with Crippen LogP contribution in [0.15, 0.2) is 24.3 Å². The largest absolute Gasteiger partial charge is 0.481 e. The zero-order valence-electron chi connectivity index (χ0n) is 13.7. The second-order valence-electron chi connectivity index (χ2n) is 5.46. The zero-order chi connectivity index (χ0) is 18.0. The van der Waals surface area contributed by atoms with Crippen LogP contribution in [-0.2, 0) is 14.8 Å². The summed E-state index contributed by atoms with van der Waals surface area (Å²) in [5.74, 6) is -1.08. The summed E-state index contributed by atoms with van der Waals surface area (Å²) < 4.78 is 25.9. The van der Waals surface area contributed by atoms with Crippen molar-refractivity contribution < 1.29 is 23.1 Å². The SMILES string of the molecule is CCCS(=O)(=O)Nc1cccc(C(=O)NCCCCCC(=O)O)c1. The van der Waals surface area contributed by atoms with Crippen LogP contribution in [0.4, 0.5) is 5.69 Å². The zero-order valence-corrected chi connectivity index (χ0v) is 14.6. The summed E-state index contributed by atoms with van der Waals surface area (Å²) in [5.41, 5.74) is 0.731. The molecule has 8 heteroatoms. The van der Waals surface area contributed by atoms with Gasteiger partial charge in [0, 0.05) is 24.2 Å². The van der Waals surface area contributed by atoms with Gasteiger partial charge in [0.05, 0.1) is 5.75 Å². The molecule has 1 amide bonds. The Morgan fingerprint density at radius 2 is 1.92 bits per heavy atom. The van der Waals surface area contributed by atoms with Crippen LogP contribution in [0, 0.1) is 0 Å². The molecule has 0 spiro atoms. The van der Waals surface area contributed by atoms with Crippen LogP contribution in [0.3, 0.4) is 0 Å². The standard InChI is InChI=1S/C16H24N2O5S/c1-2-11-24(22,23)18-14-8-6-7-13(12-14)16(21)17-10-5-3-4-9-15(19)20/h6-8,12,18H,2-5,9-11H2,1H3,(H,17,21)(H,19,20). The molecule has 0 bridgehead atoms. The Kier molecular flexibility index (Phi) is 8.25. The van der Waals surface area contributed by atoms with Crippen molar-refractivity contribution in [3.05, 3.63) is 29.8 Å². The predicted molar refractivity (Wildman–Crippen MR) is 92.6 cm³/mol. The molecule has 1 rings (SSSR count). The first kappa shape index (κ1) is 20.0. The smallest absolute Gasteiger partial charge is 0.303 e. The molecule has 0 aliphatic heterocycles. The number of carboxylic acids is 1. The number of carbonyl (C=O) groups excluding carboxylic acids is 1. The van der Waals surface area contributed by atoms with Crippen LogP contribution >= 0.6 is 0 Å². The van der Waals surface area contributed by atoms with Crippen LogP contribution in [0.2, 0.25) is 0 Å². The summed E-state index contributed by atoms with van der Waals surface area (Å²) >= 11 is 0. The molecule has 3 N–H and O–H groups in total. The van der Waals surface area contributed by atoms with Gasteiger partial charge in [-0.05, 0) is 37.5 Å². The normalized spacial score (nSPS) is 11.0. The third-order valence-electron chi connectivity index (χ3n) is 3.22. The number of unbranched alkanes of at least 4 members (excludes halogenated alkanes) is 2. The second kappa shape index (κ2) is 9.92. The van der Waals surface area contributed by atoms with E-state index in [-0.39, 0.29) is 18.1 Å². The first-order valence-electron chi connectivity index (χ1n) is 7.94. The number of carboxylic acid groups (broad SMARTS) is 1. The molecule has 1 aromatic rings. The first-order chi connectivity index (χ1) is 11.3. The monoisotopic (exact) mass is 356 g/mol. The molecule has 0 aromatic heterocycles. The topological polar surface area (TPSA) is 113 Å².